The molecule has 1 aliphatic rings. The lowest BCUT2D eigenvalue weighted by atomic mass is 9.64. The van der Waals surface area contributed by atoms with E-state index in [1.807, 2.05) is 12.5 Å². The third-order valence-electron chi connectivity index (χ3n) is 3.89. The van der Waals surface area contributed by atoms with Crippen molar-refractivity contribution < 1.29 is 4.74 Å². The van der Waals surface area contributed by atoms with E-state index < -0.39 is 0 Å². The number of rotatable bonds is 4. The van der Waals surface area contributed by atoms with Crippen LogP contribution in [-0.2, 0) is 11.2 Å². The largest absolute Gasteiger partial charge is 0.381 e. The van der Waals surface area contributed by atoms with Crippen LogP contribution in [0.4, 0.5) is 0 Å². The molecule has 1 saturated carbocycles. The Hall–Kier alpha value is -0.870. The first-order valence-electron chi connectivity index (χ1n) is 5.84. The Morgan fingerprint density at radius 2 is 2.38 bits per heavy atom. The normalized spacial score (nSPS) is 27.8. The SMILES string of the molecule is COC1CC(n2cncc2CCN)C1(C)C. The predicted octanol–water partition coefficient (Wildman–Crippen LogP) is 1.37. The van der Waals surface area contributed by atoms with Crippen LogP contribution in [0.2, 0.25) is 0 Å². The fourth-order valence-electron chi connectivity index (χ4n) is 2.69. The van der Waals surface area contributed by atoms with Crippen LogP contribution >= 0.6 is 0 Å². The molecule has 0 radical (unpaired) electrons. The van der Waals surface area contributed by atoms with Gasteiger partial charge in [-0.2, -0.15) is 0 Å². The average Bonchev–Trinajstić information content (AvgIpc) is 2.66. The van der Waals surface area contributed by atoms with Gasteiger partial charge in [-0.3, -0.25) is 0 Å². The van der Waals surface area contributed by atoms with E-state index in [1.54, 1.807) is 7.11 Å². The molecule has 2 N–H and O–H groups in total. The summed E-state index contributed by atoms with van der Waals surface area (Å²) < 4.78 is 7.74. The molecule has 16 heavy (non-hydrogen) atoms. The first kappa shape index (κ1) is 11.6. The summed E-state index contributed by atoms with van der Waals surface area (Å²) in [7, 11) is 1.79. The smallest absolute Gasteiger partial charge is 0.0951 e. The van der Waals surface area contributed by atoms with Crippen molar-refractivity contribution in [3.63, 3.8) is 0 Å². The summed E-state index contributed by atoms with van der Waals surface area (Å²) in [6.07, 6.45) is 6.15. The first-order valence-corrected chi connectivity index (χ1v) is 5.84. The zero-order chi connectivity index (χ0) is 11.8. The van der Waals surface area contributed by atoms with Gasteiger partial charge in [0.05, 0.1) is 12.4 Å². The summed E-state index contributed by atoms with van der Waals surface area (Å²) in [5.74, 6) is 0. The Morgan fingerprint density at radius 3 is 2.94 bits per heavy atom. The molecule has 0 spiro atoms. The molecule has 0 saturated heterocycles. The quantitative estimate of drug-likeness (QED) is 0.838. The summed E-state index contributed by atoms with van der Waals surface area (Å²) in [4.78, 5) is 4.23. The van der Waals surface area contributed by atoms with Crippen LogP contribution in [0.5, 0.6) is 0 Å². The van der Waals surface area contributed by atoms with Crippen molar-refractivity contribution in [1.29, 1.82) is 0 Å². The maximum absolute atomic E-state index is 5.60. The van der Waals surface area contributed by atoms with E-state index in [-0.39, 0.29) is 5.41 Å². The number of hydrogen-bond donors (Lipinski definition) is 1. The molecule has 0 amide bonds. The van der Waals surface area contributed by atoms with Crippen molar-refractivity contribution in [3.05, 3.63) is 18.2 Å². The summed E-state index contributed by atoms with van der Waals surface area (Å²) >= 11 is 0. The molecule has 0 bridgehead atoms. The number of methoxy groups -OCH3 is 1. The minimum absolute atomic E-state index is 0.179. The van der Waals surface area contributed by atoms with Gasteiger partial charge in [0.25, 0.3) is 0 Å². The second-order valence-electron chi connectivity index (χ2n) is 5.13. The number of hydrogen-bond acceptors (Lipinski definition) is 3. The number of nitrogens with two attached hydrogens (primary N) is 1. The highest BCUT2D eigenvalue weighted by Crippen LogP contribution is 2.51. The van der Waals surface area contributed by atoms with Gasteiger partial charge in [0.2, 0.25) is 0 Å². The fraction of sp³-hybridized carbons (Fsp3) is 0.750. The maximum atomic E-state index is 5.60. The fourth-order valence-corrected chi connectivity index (χ4v) is 2.69. The van der Waals surface area contributed by atoms with Crippen LogP contribution in [0.1, 0.15) is 32.0 Å². The van der Waals surface area contributed by atoms with Crippen molar-refractivity contribution in [1.82, 2.24) is 9.55 Å². The van der Waals surface area contributed by atoms with Gasteiger partial charge in [-0.15, -0.1) is 0 Å². The summed E-state index contributed by atoms with van der Waals surface area (Å²) in [5, 5.41) is 0. The van der Waals surface area contributed by atoms with Crippen LogP contribution < -0.4 is 5.73 Å². The van der Waals surface area contributed by atoms with Crippen LogP contribution in [0.25, 0.3) is 0 Å². The zero-order valence-corrected chi connectivity index (χ0v) is 10.3. The Labute approximate surface area is 96.8 Å². The summed E-state index contributed by atoms with van der Waals surface area (Å²) in [6.45, 7) is 5.18. The van der Waals surface area contributed by atoms with Crippen LogP contribution in [0.3, 0.4) is 0 Å². The van der Waals surface area contributed by atoms with Gasteiger partial charge in [0.1, 0.15) is 0 Å². The van der Waals surface area contributed by atoms with Gasteiger partial charge in [-0.25, -0.2) is 4.98 Å². The number of imidazole rings is 1. The second kappa shape index (κ2) is 4.18. The van der Waals surface area contributed by atoms with Gasteiger partial charge in [0.15, 0.2) is 0 Å². The van der Waals surface area contributed by atoms with Gasteiger partial charge < -0.3 is 15.0 Å². The minimum atomic E-state index is 0.179. The zero-order valence-electron chi connectivity index (χ0n) is 10.3. The van der Waals surface area contributed by atoms with Gasteiger partial charge in [-0.05, 0) is 13.0 Å². The third-order valence-corrected chi connectivity index (χ3v) is 3.89. The van der Waals surface area contributed by atoms with Crippen molar-refractivity contribution in [2.45, 2.75) is 38.8 Å². The van der Waals surface area contributed by atoms with E-state index in [9.17, 15) is 0 Å². The molecular formula is C12H21N3O. The Balaban J connectivity index is 2.17. The lowest BCUT2D eigenvalue weighted by molar-refractivity contribution is -0.113. The van der Waals surface area contributed by atoms with Crippen molar-refractivity contribution in [3.8, 4) is 0 Å². The van der Waals surface area contributed by atoms with E-state index in [1.165, 1.54) is 5.69 Å². The molecule has 1 fully saturated rings. The molecule has 90 valence electrons. The molecule has 4 heteroatoms. The monoisotopic (exact) mass is 223 g/mol. The standard InChI is InChI=1S/C12H21N3O/c1-12(2)10(6-11(12)16-3)15-8-14-7-9(15)4-5-13/h7-8,10-11H,4-6,13H2,1-3H3. The van der Waals surface area contributed by atoms with Gasteiger partial charge in [-0.1, -0.05) is 13.8 Å². The Kier molecular flexibility index (Phi) is 3.04. The lowest BCUT2D eigenvalue weighted by Crippen LogP contribution is -2.51. The third kappa shape index (κ3) is 1.66. The van der Waals surface area contributed by atoms with Crippen LogP contribution in [-0.4, -0.2) is 29.3 Å². The Morgan fingerprint density at radius 1 is 1.62 bits per heavy atom. The number of nitrogens with zero attached hydrogens (tertiary/aromatic N) is 2. The predicted molar refractivity (Wildman–Crippen MR) is 63.2 cm³/mol. The molecule has 1 heterocycles. The van der Waals surface area contributed by atoms with Crippen LogP contribution in [0, 0.1) is 5.41 Å². The molecule has 2 rings (SSSR count). The van der Waals surface area contributed by atoms with E-state index in [4.69, 9.17) is 10.5 Å². The molecule has 4 nitrogen and oxygen atoms in total. The molecule has 1 aliphatic carbocycles. The Bertz CT molecular complexity index is 359. The molecule has 2 unspecified atom stereocenters. The van der Waals surface area contributed by atoms with E-state index >= 15 is 0 Å². The molecule has 2 atom stereocenters. The first-order chi connectivity index (χ1) is 7.61. The lowest BCUT2D eigenvalue weighted by Gasteiger charge is -2.52. The van der Waals surface area contributed by atoms with Crippen molar-refractivity contribution in [2.75, 3.05) is 13.7 Å². The molecule has 0 aromatic carbocycles. The van der Waals surface area contributed by atoms with E-state index in [0.717, 1.165) is 12.8 Å². The molecule has 1 aromatic heterocycles. The molecule has 1 aromatic rings. The van der Waals surface area contributed by atoms with Crippen LogP contribution in [0.15, 0.2) is 12.5 Å². The average molecular weight is 223 g/mol. The highest BCUT2D eigenvalue weighted by atomic mass is 16.5. The van der Waals surface area contributed by atoms with Gasteiger partial charge in [0, 0.05) is 36.9 Å². The molecule has 0 aliphatic heterocycles. The highest BCUT2D eigenvalue weighted by molar-refractivity contribution is 5.09. The topological polar surface area (TPSA) is 53.1 Å². The van der Waals surface area contributed by atoms with Crippen molar-refractivity contribution >= 4 is 0 Å². The van der Waals surface area contributed by atoms with E-state index in [2.05, 4.69) is 23.4 Å². The maximum Gasteiger partial charge on any atom is 0.0951 e. The van der Waals surface area contributed by atoms with Crippen molar-refractivity contribution in [2.24, 2.45) is 11.1 Å². The minimum Gasteiger partial charge on any atom is -0.381 e. The summed E-state index contributed by atoms with van der Waals surface area (Å²) in [5.41, 5.74) is 7.01. The molecular weight excluding hydrogens is 202 g/mol. The summed E-state index contributed by atoms with van der Waals surface area (Å²) in [6, 6.07) is 0.487. The van der Waals surface area contributed by atoms with E-state index in [0.29, 0.717) is 18.7 Å². The highest BCUT2D eigenvalue weighted by Gasteiger charge is 2.49. The van der Waals surface area contributed by atoms with Gasteiger partial charge >= 0.3 is 0 Å². The second-order valence-corrected chi connectivity index (χ2v) is 5.13. The number of aromatic nitrogens is 2. The number of ether oxygens (including phenoxy) is 1.